The molecular formula is C13H25NO4. The van der Waals surface area contributed by atoms with Gasteiger partial charge in [0.05, 0.1) is 20.1 Å². The van der Waals surface area contributed by atoms with Crippen molar-refractivity contribution in [1.82, 2.24) is 5.32 Å². The van der Waals surface area contributed by atoms with E-state index in [-0.39, 0.29) is 18.4 Å². The summed E-state index contributed by atoms with van der Waals surface area (Å²) >= 11 is 0. The zero-order chi connectivity index (χ0) is 14.1. The third kappa shape index (κ3) is 8.84. The van der Waals surface area contributed by atoms with Crippen LogP contribution in [-0.2, 0) is 14.3 Å². The standard InChI is InChI=1S/C13H25NO4/c1-9(2)6-11(7-12(15)17-5)14-13(16)18-8-10(3)4/h9-11H,6-8H2,1-5H3,(H,14,16). The zero-order valence-electron chi connectivity index (χ0n) is 12.0. The molecule has 106 valence electrons. The molecule has 0 aliphatic heterocycles. The Kier molecular flexibility index (Phi) is 8.16. The van der Waals surface area contributed by atoms with Crippen LogP contribution in [0.25, 0.3) is 0 Å². The zero-order valence-corrected chi connectivity index (χ0v) is 12.0. The van der Waals surface area contributed by atoms with Crippen LogP contribution in [0.3, 0.4) is 0 Å². The number of rotatable bonds is 7. The van der Waals surface area contributed by atoms with Crippen LogP contribution in [0.2, 0.25) is 0 Å². The Morgan fingerprint density at radius 2 is 1.72 bits per heavy atom. The summed E-state index contributed by atoms with van der Waals surface area (Å²) in [6.45, 7) is 8.37. The van der Waals surface area contributed by atoms with Gasteiger partial charge < -0.3 is 14.8 Å². The monoisotopic (exact) mass is 259 g/mol. The Labute approximate surface area is 109 Å². The Hall–Kier alpha value is -1.26. The molecule has 0 rings (SSSR count). The average Bonchev–Trinajstić information content (AvgIpc) is 2.25. The van der Waals surface area contributed by atoms with Gasteiger partial charge in [-0.3, -0.25) is 4.79 Å². The van der Waals surface area contributed by atoms with Crippen LogP contribution in [0.5, 0.6) is 0 Å². The number of hydrogen-bond donors (Lipinski definition) is 1. The molecule has 0 aliphatic rings. The van der Waals surface area contributed by atoms with Gasteiger partial charge in [0.15, 0.2) is 0 Å². The molecule has 0 saturated carbocycles. The van der Waals surface area contributed by atoms with Crippen molar-refractivity contribution in [3.05, 3.63) is 0 Å². The lowest BCUT2D eigenvalue weighted by Gasteiger charge is -2.19. The van der Waals surface area contributed by atoms with Crippen LogP contribution in [0.1, 0.15) is 40.5 Å². The van der Waals surface area contributed by atoms with Crippen molar-refractivity contribution in [2.75, 3.05) is 13.7 Å². The maximum absolute atomic E-state index is 11.5. The summed E-state index contributed by atoms with van der Waals surface area (Å²) < 4.78 is 9.64. The Balaban J connectivity index is 4.21. The van der Waals surface area contributed by atoms with Gasteiger partial charge in [-0.15, -0.1) is 0 Å². The number of nitrogens with one attached hydrogen (secondary N) is 1. The van der Waals surface area contributed by atoms with E-state index in [1.54, 1.807) is 0 Å². The first-order valence-corrected chi connectivity index (χ1v) is 6.35. The topological polar surface area (TPSA) is 64.6 Å². The molecule has 5 nitrogen and oxygen atoms in total. The van der Waals surface area contributed by atoms with Crippen molar-refractivity contribution in [2.45, 2.75) is 46.6 Å². The Morgan fingerprint density at radius 3 is 2.17 bits per heavy atom. The van der Waals surface area contributed by atoms with Gasteiger partial charge in [-0.1, -0.05) is 27.7 Å². The number of ether oxygens (including phenoxy) is 2. The summed E-state index contributed by atoms with van der Waals surface area (Å²) in [5, 5.41) is 2.71. The molecule has 0 aromatic heterocycles. The van der Waals surface area contributed by atoms with Crippen LogP contribution in [0, 0.1) is 11.8 Å². The predicted octanol–water partition coefficient (Wildman–Crippen LogP) is 2.35. The molecule has 0 spiro atoms. The number of amides is 1. The fourth-order valence-electron chi connectivity index (χ4n) is 1.50. The fourth-order valence-corrected chi connectivity index (χ4v) is 1.50. The lowest BCUT2D eigenvalue weighted by Crippen LogP contribution is -2.38. The Morgan fingerprint density at radius 1 is 1.11 bits per heavy atom. The lowest BCUT2D eigenvalue weighted by atomic mass is 10.0. The summed E-state index contributed by atoms with van der Waals surface area (Å²) in [6, 6.07) is -0.239. The minimum Gasteiger partial charge on any atom is -0.469 e. The minimum atomic E-state index is -0.474. The second-order valence-corrected chi connectivity index (χ2v) is 5.24. The normalized spacial score (nSPS) is 12.4. The smallest absolute Gasteiger partial charge is 0.407 e. The fraction of sp³-hybridized carbons (Fsp3) is 0.846. The van der Waals surface area contributed by atoms with Gasteiger partial charge in [-0.05, 0) is 18.3 Å². The maximum atomic E-state index is 11.5. The first kappa shape index (κ1) is 16.7. The van der Waals surface area contributed by atoms with Gasteiger partial charge in [0.2, 0.25) is 0 Å². The average molecular weight is 259 g/mol. The third-order valence-electron chi connectivity index (χ3n) is 2.27. The maximum Gasteiger partial charge on any atom is 0.407 e. The number of methoxy groups -OCH3 is 1. The van der Waals surface area contributed by atoms with Gasteiger partial charge in [0, 0.05) is 6.04 Å². The molecule has 0 heterocycles. The van der Waals surface area contributed by atoms with E-state index in [4.69, 9.17) is 4.74 Å². The third-order valence-corrected chi connectivity index (χ3v) is 2.27. The van der Waals surface area contributed by atoms with Gasteiger partial charge in [-0.2, -0.15) is 0 Å². The van der Waals surface area contributed by atoms with Gasteiger partial charge in [-0.25, -0.2) is 4.79 Å². The molecule has 18 heavy (non-hydrogen) atoms. The first-order chi connectivity index (χ1) is 8.35. The summed E-state index contributed by atoms with van der Waals surface area (Å²) in [4.78, 5) is 22.8. The number of hydrogen-bond acceptors (Lipinski definition) is 4. The molecule has 0 aromatic rings. The van der Waals surface area contributed by atoms with Crippen LogP contribution in [-0.4, -0.2) is 31.8 Å². The van der Waals surface area contributed by atoms with E-state index < -0.39 is 6.09 Å². The van der Waals surface area contributed by atoms with Crippen molar-refractivity contribution < 1.29 is 19.1 Å². The molecule has 1 N–H and O–H groups in total. The van der Waals surface area contributed by atoms with E-state index in [1.165, 1.54) is 7.11 Å². The molecular weight excluding hydrogens is 234 g/mol. The Bertz CT molecular complexity index is 264. The molecule has 1 atom stereocenters. The molecule has 0 aliphatic carbocycles. The summed E-state index contributed by atoms with van der Waals surface area (Å²) in [6.07, 6.45) is 0.412. The number of carbonyl (C=O) groups is 2. The van der Waals surface area contributed by atoms with Gasteiger partial charge in [0.25, 0.3) is 0 Å². The molecule has 5 heteroatoms. The number of alkyl carbamates (subject to hydrolysis) is 1. The van der Waals surface area contributed by atoms with E-state index in [0.29, 0.717) is 24.9 Å². The summed E-state index contributed by atoms with van der Waals surface area (Å²) in [5.41, 5.74) is 0. The lowest BCUT2D eigenvalue weighted by molar-refractivity contribution is -0.141. The molecule has 0 saturated heterocycles. The molecule has 0 bridgehead atoms. The van der Waals surface area contributed by atoms with Gasteiger partial charge in [0.1, 0.15) is 0 Å². The predicted molar refractivity (Wildman–Crippen MR) is 69.2 cm³/mol. The second-order valence-electron chi connectivity index (χ2n) is 5.24. The first-order valence-electron chi connectivity index (χ1n) is 6.35. The molecule has 1 unspecified atom stereocenters. The van der Waals surface area contributed by atoms with E-state index in [1.807, 2.05) is 27.7 Å². The van der Waals surface area contributed by atoms with Crippen LogP contribution >= 0.6 is 0 Å². The minimum absolute atomic E-state index is 0.172. The van der Waals surface area contributed by atoms with Crippen molar-refractivity contribution in [1.29, 1.82) is 0 Å². The van der Waals surface area contributed by atoms with Crippen LogP contribution in [0.4, 0.5) is 4.79 Å². The SMILES string of the molecule is COC(=O)CC(CC(C)C)NC(=O)OCC(C)C. The molecule has 0 aromatic carbocycles. The molecule has 1 amide bonds. The second kappa shape index (κ2) is 8.78. The number of esters is 1. The van der Waals surface area contributed by atoms with E-state index >= 15 is 0 Å². The van der Waals surface area contributed by atoms with Crippen LogP contribution < -0.4 is 5.32 Å². The highest BCUT2D eigenvalue weighted by Gasteiger charge is 2.18. The highest BCUT2D eigenvalue weighted by Crippen LogP contribution is 2.09. The summed E-state index contributed by atoms with van der Waals surface area (Å²) in [7, 11) is 1.34. The van der Waals surface area contributed by atoms with Crippen molar-refractivity contribution in [3.8, 4) is 0 Å². The number of carbonyl (C=O) groups excluding carboxylic acids is 2. The summed E-state index contributed by atoms with van der Waals surface area (Å²) in [5.74, 6) is 0.342. The quantitative estimate of drug-likeness (QED) is 0.713. The van der Waals surface area contributed by atoms with E-state index in [0.717, 1.165) is 0 Å². The van der Waals surface area contributed by atoms with Crippen molar-refractivity contribution >= 4 is 12.1 Å². The van der Waals surface area contributed by atoms with Crippen molar-refractivity contribution in [3.63, 3.8) is 0 Å². The molecule has 0 radical (unpaired) electrons. The van der Waals surface area contributed by atoms with Crippen LogP contribution in [0.15, 0.2) is 0 Å². The van der Waals surface area contributed by atoms with E-state index in [9.17, 15) is 9.59 Å². The highest BCUT2D eigenvalue weighted by atomic mass is 16.5. The van der Waals surface area contributed by atoms with Gasteiger partial charge >= 0.3 is 12.1 Å². The van der Waals surface area contributed by atoms with E-state index in [2.05, 4.69) is 10.1 Å². The highest BCUT2D eigenvalue weighted by molar-refractivity contribution is 5.72. The largest absolute Gasteiger partial charge is 0.469 e. The van der Waals surface area contributed by atoms with Crippen molar-refractivity contribution in [2.24, 2.45) is 11.8 Å². The molecule has 0 fully saturated rings.